The van der Waals surface area contributed by atoms with E-state index in [1.54, 1.807) is 6.92 Å². The Bertz CT molecular complexity index is 849. The lowest BCUT2D eigenvalue weighted by molar-refractivity contribution is 0.103. The minimum absolute atomic E-state index is 0.00873. The van der Waals surface area contributed by atoms with Crippen molar-refractivity contribution in [2.24, 2.45) is 0 Å². The Hall–Kier alpha value is -1.44. The van der Waals surface area contributed by atoms with Crippen LogP contribution in [0.15, 0.2) is 27.8 Å². The van der Waals surface area contributed by atoms with E-state index in [2.05, 4.69) is 5.16 Å². The monoisotopic (exact) mass is 331 g/mol. The molecule has 0 saturated heterocycles. The topological polar surface area (TPSA) is 80.1 Å². The zero-order valence-corrected chi connectivity index (χ0v) is 12.9. The van der Waals surface area contributed by atoms with E-state index in [4.69, 9.17) is 28.3 Å². The van der Waals surface area contributed by atoms with Crippen LogP contribution in [0.5, 0.6) is 0 Å². The van der Waals surface area contributed by atoms with Crippen molar-refractivity contribution >= 4 is 39.4 Å². The maximum absolute atomic E-state index is 12.3. The normalized spacial score (nSPS) is 11.6. The number of benzene rings is 1. The van der Waals surface area contributed by atoms with Crippen molar-refractivity contribution in [3.63, 3.8) is 0 Å². The zero-order chi connectivity index (χ0) is 15.1. The van der Waals surface area contributed by atoms with Crippen molar-refractivity contribution in [1.29, 1.82) is 0 Å². The predicted molar refractivity (Wildman–Crippen MR) is 76.6 cm³/mol. The quantitative estimate of drug-likeness (QED) is 0.691. The Kier molecular flexibility index (Phi) is 3.86. The lowest BCUT2D eigenvalue weighted by Gasteiger charge is -2.09. The number of ketones is 1. The molecule has 5 nitrogen and oxygen atoms in total. The van der Waals surface area contributed by atoms with E-state index in [-0.39, 0.29) is 31.5 Å². The van der Waals surface area contributed by atoms with Gasteiger partial charge < -0.3 is 4.52 Å². The molecule has 1 aromatic carbocycles. The number of nitrogens with one attached hydrogen (secondary N) is 1. The van der Waals surface area contributed by atoms with E-state index in [0.29, 0.717) is 5.56 Å². The molecule has 20 heavy (non-hydrogen) atoms. The first-order valence-corrected chi connectivity index (χ1v) is 8.11. The third-order valence-corrected chi connectivity index (χ3v) is 4.85. The second-order valence-corrected chi connectivity index (χ2v) is 7.00. The third-order valence-electron chi connectivity index (χ3n) is 2.81. The lowest BCUT2D eigenvalue weighted by atomic mass is 10.0. The predicted octanol–water partition coefficient (Wildman–Crippen LogP) is 2.93. The molecule has 1 N–H and O–H groups in total. The fourth-order valence-corrected chi connectivity index (χ4v) is 3.31. The summed E-state index contributed by atoms with van der Waals surface area (Å²) in [4.78, 5) is 12.3. The molecule has 2 aromatic rings. The fourth-order valence-electron chi connectivity index (χ4n) is 1.74. The van der Waals surface area contributed by atoms with Crippen LogP contribution in [0.1, 0.15) is 21.5 Å². The highest BCUT2D eigenvalue weighted by atomic mass is 35.5. The average Bonchev–Trinajstić information content (AvgIpc) is 2.76. The van der Waals surface area contributed by atoms with E-state index in [9.17, 15) is 13.2 Å². The van der Waals surface area contributed by atoms with E-state index in [1.165, 1.54) is 18.4 Å². The molecular formula is C12H10ClNO4S2. The van der Waals surface area contributed by atoms with Crippen LogP contribution in [0.25, 0.3) is 0 Å². The highest BCUT2D eigenvalue weighted by Gasteiger charge is 2.21. The first-order chi connectivity index (χ1) is 9.23. The number of sulfone groups is 1. The van der Waals surface area contributed by atoms with E-state index < -0.39 is 9.84 Å². The molecule has 2 rings (SSSR count). The van der Waals surface area contributed by atoms with Crippen LogP contribution in [0, 0.1) is 11.6 Å². The van der Waals surface area contributed by atoms with Crippen LogP contribution in [0.2, 0.25) is 5.02 Å². The molecule has 0 aliphatic heterocycles. The van der Waals surface area contributed by atoms with Gasteiger partial charge in [0.2, 0.25) is 0 Å². The number of rotatable bonds is 3. The number of H-pyrrole nitrogens is 1. The summed E-state index contributed by atoms with van der Waals surface area (Å²) in [7, 11) is -3.45. The van der Waals surface area contributed by atoms with Gasteiger partial charge in [0.1, 0.15) is 10.9 Å². The van der Waals surface area contributed by atoms with Gasteiger partial charge in [-0.3, -0.25) is 4.79 Å². The van der Waals surface area contributed by atoms with Crippen LogP contribution >= 0.6 is 23.8 Å². The summed E-state index contributed by atoms with van der Waals surface area (Å²) in [5, 5.41) is 2.42. The minimum atomic E-state index is -3.45. The first kappa shape index (κ1) is 15.0. The third kappa shape index (κ3) is 2.56. The van der Waals surface area contributed by atoms with E-state index in [1.807, 2.05) is 0 Å². The van der Waals surface area contributed by atoms with Crippen molar-refractivity contribution in [3.05, 3.63) is 44.7 Å². The molecule has 106 valence electrons. The molecule has 0 radical (unpaired) electrons. The first-order valence-electron chi connectivity index (χ1n) is 5.43. The number of hydrogen-bond donors (Lipinski definition) is 1. The van der Waals surface area contributed by atoms with Gasteiger partial charge in [-0.15, -0.1) is 0 Å². The van der Waals surface area contributed by atoms with Gasteiger partial charge in [0.05, 0.1) is 15.5 Å². The zero-order valence-electron chi connectivity index (χ0n) is 10.6. The van der Waals surface area contributed by atoms with Crippen LogP contribution in [0.3, 0.4) is 0 Å². The smallest absolute Gasteiger partial charge is 0.199 e. The Labute approximate surface area is 125 Å². The standard InChI is InChI=1S/C12H10ClNO4S2/c1-6-7(11(15)8-5-18-14-12(8)19)3-4-9(10(6)13)20(2,16)17/h3-5H,1-2H3,(H,14,19). The Balaban J connectivity index is 2.62. The van der Waals surface area contributed by atoms with Gasteiger partial charge in [-0.25, -0.2) is 13.6 Å². The van der Waals surface area contributed by atoms with Crippen LogP contribution in [0.4, 0.5) is 0 Å². The highest BCUT2D eigenvalue weighted by molar-refractivity contribution is 7.90. The molecule has 1 aromatic heterocycles. The molecule has 0 aliphatic rings. The van der Waals surface area contributed by atoms with Gasteiger partial charge in [-0.05, 0) is 24.6 Å². The molecule has 0 atom stereocenters. The van der Waals surface area contributed by atoms with Crippen molar-refractivity contribution in [2.75, 3.05) is 6.26 Å². The van der Waals surface area contributed by atoms with Gasteiger partial charge >= 0.3 is 0 Å². The van der Waals surface area contributed by atoms with Crippen LogP contribution in [-0.2, 0) is 9.84 Å². The number of aromatic amines is 1. The summed E-state index contributed by atoms with van der Waals surface area (Å²) in [5.41, 5.74) is 0.866. The highest BCUT2D eigenvalue weighted by Crippen LogP contribution is 2.29. The number of halogens is 1. The summed E-state index contributed by atoms with van der Waals surface area (Å²) >= 11 is 11.0. The summed E-state index contributed by atoms with van der Waals surface area (Å²) < 4.78 is 28.1. The van der Waals surface area contributed by atoms with Crippen molar-refractivity contribution in [1.82, 2.24) is 5.16 Å². The molecule has 0 aliphatic carbocycles. The van der Waals surface area contributed by atoms with Gasteiger partial charge in [0.25, 0.3) is 0 Å². The SMILES string of the molecule is Cc1c(C(=O)c2co[nH]c2=S)ccc(S(C)(=O)=O)c1Cl. The lowest BCUT2D eigenvalue weighted by Crippen LogP contribution is -2.07. The van der Waals surface area contributed by atoms with E-state index in [0.717, 1.165) is 6.26 Å². The molecule has 8 heteroatoms. The summed E-state index contributed by atoms with van der Waals surface area (Å²) in [6.07, 6.45) is 2.27. The Morgan fingerprint density at radius 3 is 2.50 bits per heavy atom. The fraction of sp³-hybridized carbons (Fsp3) is 0.167. The maximum atomic E-state index is 12.3. The molecule has 0 saturated carbocycles. The second kappa shape index (κ2) is 5.16. The number of aromatic nitrogens is 1. The maximum Gasteiger partial charge on any atom is 0.199 e. The Morgan fingerprint density at radius 1 is 1.35 bits per heavy atom. The van der Waals surface area contributed by atoms with Gasteiger partial charge in [-0.2, -0.15) is 0 Å². The van der Waals surface area contributed by atoms with Crippen molar-refractivity contribution in [3.8, 4) is 0 Å². The largest absolute Gasteiger partial charge is 0.388 e. The number of carbonyl (C=O) groups is 1. The van der Waals surface area contributed by atoms with Gasteiger partial charge in [0, 0.05) is 11.8 Å². The summed E-state index contributed by atoms with van der Waals surface area (Å²) in [6.45, 7) is 1.58. The molecule has 0 fully saturated rings. The second-order valence-electron chi connectivity index (χ2n) is 4.23. The van der Waals surface area contributed by atoms with Gasteiger partial charge in [-0.1, -0.05) is 23.8 Å². The summed E-state index contributed by atoms with van der Waals surface area (Å²) in [5.74, 6) is -0.376. The minimum Gasteiger partial charge on any atom is -0.388 e. The molecule has 0 spiro atoms. The van der Waals surface area contributed by atoms with Gasteiger partial charge in [0.15, 0.2) is 15.6 Å². The molecule has 1 heterocycles. The molecule has 0 unspecified atom stereocenters. The molecule has 0 bridgehead atoms. The Morgan fingerprint density at radius 2 is 2.00 bits per heavy atom. The van der Waals surface area contributed by atoms with Crippen LogP contribution < -0.4 is 0 Å². The molecular weight excluding hydrogens is 322 g/mol. The van der Waals surface area contributed by atoms with Crippen molar-refractivity contribution in [2.45, 2.75) is 11.8 Å². The van der Waals surface area contributed by atoms with Crippen molar-refractivity contribution < 1.29 is 17.7 Å². The van der Waals surface area contributed by atoms with E-state index >= 15 is 0 Å². The number of carbonyl (C=O) groups excluding carboxylic acids is 1. The summed E-state index contributed by atoms with van der Waals surface area (Å²) in [6, 6.07) is 2.73. The number of hydrogen-bond acceptors (Lipinski definition) is 5. The average molecular weight is 332 g/mol. The van der Waals surface area contributed by atoms with Crippen LogP contribution in [-0.4, -0.2) is 25.6 Å². The molecule has 0 amide bonds.